The highest BCUT2D eigenvalue weighted by Crippen LogP contribution is 2.21. The summed E-state index contributed by atoms with van der Waals surface area (Å²) in [6.45, 7) is 0.563. The number of carboxylic acid groups (broad SMARTS) is 1. The van der Waals surface area contributed by atoms with Crippen molar-refractivity contribution in [3.8, 4) is 0 Å². The molecule has 2 amide bonds. The zero-order chi connectivity index (χ0) is 13.1. The van der Waals surface area contributed by atoms with Crippen LogP contribution in [0.1, 0.15) is 19.3 Å². The Morgan fingerprint density at radius 1 is 1.50 bits per heavy atom. The van der Waals surface area contributed by atoms with Crippen LogP contribution in [-0.4, -0.2) is 57.9 Å². The van der Waals surface area contributed by atoms with Crippen molar-refractivity contribution in [2.45, 2.75) is 31.3 Å². The fourth-order valence-corrected chi connectivity index (χ4v) is 3.38. The molecule has 2 saturated heterocycles. The molecule has 2 aliphatic rings. The molecule has 2 rings (SSSR count). The third-order valence-electron chi connectivity index (χ3n) is 3.21. The molecule has 6 nitrogen and oxygen atoms in total. The van der Waals surface area contributed by atoms with E-state index in [1.54, 1.807) is 16.7 Å². The molecule has 0 aromatic heterocycles. The van der Waals surface area contributed by atoms with Crippen LogP contribution in [-0.2, 0) is 14.4 Å². The average Bonchev–Trinajstić information content (AvgIpc) is 2.75. The molecular weight excluding hydrogens is 256 g/mol. The van der Waals surface area contributed by atoms with Gasteiger partial charge in [-0.25, -0.2) is 0 Å². The monoisotopic (exact) mass is 272 g/mol. The van der Waals surface area contributed by atoms with Gasteiger partial charge in [0.2, 0.25) is 11.8 Å². The topological polar surface area (TPSA) is 86.7 Å². The third-order valence-corrected chi connectivity index (χ3v) is 4.31. The second-order valence-electron chi connectivity index (χ2n) is 4.52. The molecule has 2 unspecified atom stereocenters. The number of rotatable bonds is 3. The number of aliphatic carboxylic acids is 1. The van der Waals surface area contributed by atoms with Crippen molar-refractivity contribution in [3.63, 3.8) is 0 Å². The van der Waals surface area contributed by atoms with Crippen LogP contribution in [0.4, 0.5) is 0 Å². The summed E-state index contributed by atoms with van der Waals surface area (Å²) < 4.78 is 0. The van der Waals surface area contributed by atoms with E-state index < -0.39 is 12.0 Å². The molecule has 2 N–H and O–H groups in total. The second kappa shape index (κ2) is 5.60. The van der Waals surface area contributed by atoms with Crippen LogP contribution in [0.2, 0.25) is 0 Å². The van der Waals surface area contributed by atoms with Gasteiger partial charge >= 0.3 is 5.97 Å². The molecule has 100 valence electrons. The molecule has 0 bridgehead atoms. The van der Waals surface area contributed by atoms with E-state index in [4.69, 9.17) is 5.11 Å². The highest BCUT2D eigenvalue weighted by atomic mass is 32.2. The molecular formula is C11H16N2O4S. The third kappa shape index (κ3) is 2.95. The number of carbonyl (C=O) groups excluding carboxylic acids is 2. The SMILES string of the molecule is O=C(O)CC1CSCCN1C(=O)C1CCC(=O)N1. The average molecular weight is 272 g/mol. The van der Waals surface area contributed by atoms with E-state index in [2.05, 4.69) is 5.32 Å². The van der Waals surface area contributed by atoms with Gasteiger partial charge in [0.15, 0.2) is 0 Å². The van der Waals surface area contributed by atoms with Gasteiger partial charge in [0.25, 0.3) is 0 Å². The lowest BCUT2D eigenvalue weighted by molar-refractivity contribution is -0.141. The van der Waals surface area contributed by atoms with Gasteiger partial charge in [0.05, 0.1) is 12.5 Å². The van der Waals surface area contributed by atoms with Crippen LogP contribution in [0.5, 0.6) is 0 Å². The Bertz CT molecular complexity index is 374. The highest BCUT2D eigenvalue weighted by molar-refractivity contribution is 7.99. The van der Waals surface area contributed by atoms with E-state index in [1.165, 1.54) is 0 Å². The van der Waals surface area contributed by atoms with E-state index in [1.807, 2.05) is 0 Å². The lowest BCUT2D eigenvalue weighted by atomic mass is 10.1. The largest absolute Gasteiger partial charge is 0.481 e. The van der Waals surface area contributed by atoms with Crippen LogP contribution in [0, 0.1) is 0 Å². The van der Waals surface area contributed by atoms with Crippen molar-refractivity contribution in [2.75, 3.05) is 18.1 Å². The molecule has 0 saturated carbocycles. The van der Waals surface area contributed by atoms with Gasteiger partial charge in [-0.1, -0.05) is 0 Å². The summed E-state index contributed by atoms with van der Waals surface area (Å²) in [7, 11) is 0. The van der Waals surface area contributed by atoms with Crippen molar-refractivity contribution < 1.29 is 19.5 Å². The van der Waals surface area contributed by atoms with E-state index in [0.717, 1.165) is 5.75 Å². The molecule has 2 atom stereocenters. The molecule has 2 fully saturated rings. The normalized spacial score (nSPS) is 28.0. The van der Waals surface area contributed by atoms with Gasteiger partial charge in [-0.05, 0) is 6.42 Å². The summed E-state index contributed by atoms with van der Waals surface area (Å²) in [5.74, 6) is 0.346. The molecule has 7 heteroatoms. The number of carboxylic acids is 1. The number of thioether (sulfide) groups is 1. The number of amides is 2. The first-order valence-electron chi connectivity index (χ1n) is 5.97. The number of hydrogen-bond acceptors (Lipinski definition) is 4. The van der Waals surface area contributed by atoms with Gasteiger partial charge in [0, 0.05) is 24.5 Å². The maximum Gasteiger partial charge on any atom is 0.305 e. The first-order chi connectivity index (χ1) is 8.58. The number of carbonyl (C=O) groups is 3. The number of nitrogens with zero attached hydrogens (tertiary/aromatic N) is 1. The minimum Gasteiger partial charge on any atom is -0.481 e. The van der Waals surface area contributed by atoms with Crippen LogP contribution < -0.4 is 5.32 Å². The number of hydrogen-bond donors (Lipinski definition) is 2. The molecule has 2 heterocycles. The van der Waals surface area contributed by atoms with Crippen molar-refractivity contribution in [2.24, 2.45) is 0 Å². The molecule has 18 heavy (non-hydrogen) atoms. The standard InChI is InChI=1S/C11H16N2O4S/c14-9-2-1-8(12-9)11(17)13-3-4-18-6-7(13)5-10(15)16/h7-8H,1-6H2,(H,12,14)(H,15,16). The van der Waals surface area contributed by atoms with E-state index >= 15 is 0 Å². The summed E-state index contributed by atoms with van der Waals surface area (Å²) >= 11 is 1.66. The van der Waals surface area contributed by atoms with Gasteiger partial charge < -0.3 is 15.3 Å². The Morgan fingerprint density at radius 2 is 2.28 bits per heavy atom. The molecule has 0 radical (unpaired) electrons. The molecule has 2 aliphatic heterocycles. The Balaban J connectivity index is 2.01. The van der Waals surface area contributed by atoms with E-state index in [-0.39, 0.29) is 24.3 Å². The van der Waals surface area contributed by atoms with Crippen molar-refractivity contribution in [1.29, 1.82) is 0 Å². The zero-order valence-electron chi connectivity index (χ0n) is 9.92. The van der Waals surface area contributed by atoms with Crippen LogP contribution in [0.25, 0.3) is 0 Å². The van der Waals surface area contributed by atoms with E-state index in [0.29, 0.717) is 25.1 Å². The highest BCUT2D eigenvalue weighted by Gasteiger charge is 2.35. The summed E-state index contributed by atoms with van der Waals surface area (Å²) in [4.78, 5) is 35.8. The number of nitrogens with one attached hydrogen (secondary N) is 1. The maximum absolute atomic E-state index is 12.2. The Kier molecular flexibility index (Phi) is 4.11. The Labute approximate surface area is 109 Å². The van der Waals surface area contributed by atoms with Gasteiger partial charge in [-0.2, -0.15) is 11.8 Å². The van der Waals surface area contributed by atoms with Crippen LogP contribution >= 0.6 is 11.8 Å². The van der Waals surface area contributed by atoms with Crippen molar-refractivity contribution in [1.82, 2.24) is 10.2 Å². The van der Waals surface area contributed by atoms with Crippen molar-refractivity contribution in [3.05, 3.63) is 0 Å². The van der Waals surface area contributed by atoms with Crippen LogP contribution in [0.3, 0.4) is 0 Å². The second-order valence-corrected chi connectivity index (χ2v) is 5.67. The molecule has 0 spiro atoms. The van der Waals surface area contributed by atoms with E-state index in [9.17, 15) is 14.4 Å². The summed E-state index contributed by atoms with van der Waals surface area (Å²) in [6, 6.07) is -0.719. The Hall–Kier alpha value is -1.24. The predicted molar refractivity (Wildman–Crippen MR) is 66.2 cm³/mol. The zero-order valence-corrected chi connectivity index (χ0v) is 10.7. The fourth-order valence-electron chi connectivity index (χ4n) is 2.32. The molecule has 0 aliphatic carbocycles. The maximum atomic E-state index is 12.2. The molecule has 0 aromatic carbocycles. The van der Waals surface area contributed by atoms with Gasteiger partial charge in [-0.15, -0.1) is 0 Å². The fraction of sp³-hybridized carbons (Fsp3) is 0.727. The predicted octanol–water partition coefficient (Wildman–Crippen LogP) is -0.316. The van der Waals surface area contributed by atoms with Gasteiger partial charge in [-0.3, -0.25) is 14.4 Å². The Morgan fingerprint density at radius 3 is 2.89 bits per heavy atom. The summed E-state index contributed by atoms with van der Waals surface area (Å²) in [5.41, 5.74) is 0. The van der Waals surface area contributed by atoms with Crippen LogP contribution in [0.15, 0.2) is 0 Å². The minimum absolute atomic E-state index is 0.0284. The van der Waals surface area contributed by atoms with Gasteiger partial charge in [0.1, 0.15) is 6.04 Å². The minimum atomic E-state index is -0.893. The lowest BCUT2D eigenvalue weighted by Gasteiger charge is -2.36. The summed E-state index contributed by atoms with van der Waals surface area (Å²) in [6.07, 6.45) is 0.864. The van der Waals surface area contributed by atoms with Crippen molar-refractivity contribution >= 4 is 29.5 Å². The molecule has 0 aromatic rings. The summed E-state index contributed by atoms with van der Waals surface area (Å²) in [5, 5.41) is 11.5. The first kappa shape index (κ1) is 13.2. The smallest absolute Gasteiger partial charge is 0.305 e. The lowest BCUT2D eigenvalue weighted by Crippen LogP contribution is -2.53. The first-order valence-corrected chi connectivity index (χ1v) is 7.13. The quantitative estimate of drug-likeness (QED) is 0.735.